The van der Waals surface area contributed by atoms with E-state index in [4.69, 9.17) is 9.15 Å². The summed E-state index contributed by atoms with van der Waals surface area (Å²) in [6.45, 7) is 0. The zero-order valence-corrected chi connectivity index (χ0v) is 12.1. The van der Waals surface area contributed by atoms with E-state index in [0.29, 0.717) is 22.8 Å². The zero-order chi connectivity index (χ0) is 15.4. The van der Waals surface area contributed by atoms with Gasteiger partial charge in [-0.1, -0.05) is 24.3 Å². The van der Waals surface area contributed by atoms with Crippen molar-refractivity contribution in [1.82, 2.24) is 0 Å². The molecule has 0 fully saturated rings. The van der Waals surface area contributed by atoms with Crippen LogP contribution in [0, 0.1) is 0 Å². The minimum Gasteiger partial charge on any atom is -0.497 e. The number of benzene rings is 2. The highest BCUT2D eigenvalue weighted by molar-refractivity contribution is 6.08. The van der Waals surface area contributed by atoms with Gasteiger partial charge in [-0.15, -0.1) is 0 Å². The van der Waals surface area contributed by atoms with Crippen molar-refractivity contribution >= 4 is 11.6 Å². The van der Waals surface area contributed by atoms with Crippen molar-refractivity contribution in [2.24, 2.45) is 0 Å². The first kappa shape index (κ1) is 13.9. The molecule has 0 unspecified atom stereocenters. The standard InChI is InChI=1S/C18H15NO3/c1-21-14-7-4-6-13(12-14)19-18(20)16-9-3-2-8-15(16)17-10-5-11-22-17/h2-12H,1H3,(H,19,20). The van der Waals surface area contributed by atoms with Gasteiger partial charge in [0.2, 0.25) is 0 Å². The Labute approximate surface area is 128 Å². The Balaban J connectivity index is 1.89. The molecule has 110 valence electrons. The molecule has 3 rings (SSSR count). The van der Waals surface area contributed by atoms with Gasteiger partial charge in [0.25, 0.3) is 5.91 Å². The molecule has 1 aromatic heterocycles. The van der Waals surface area contributed by atoms with Gasteiger partial charge in [-0.25, -0.2) is 0 Å². The fraction of sp³-hybridized carbons (Fsp3) is 0.0556. The Morgan fingerprint density at radius 3 is 2.68 bits per heavy atom. The molecule has 0 atom stereocenters. The Morgan fingerprint density at radius 2 is 1.91 bits per heavy atom. The third-order valence-electron chi connectivity index (χ3n) is 3.29. The van der Waals surface area contributed by atoms with Crippen LogP contribution >= 0.6 is 0 Å². The predicted molar refractivity (Wildman–Crippen MR) is 85.1 cm³/mol. The summed E-state index contributed by atoms with van der Waals surface area (Å²) in [4.78, 5) is 12.5. The number of ether oxygens (including phenoxy) is 1. The van der Waals surface area contributed by atoms with Gasteiger partial charge in [-0.2, -0.15) is 0 Å². The van der Waals surface area contributed by atoms with Crippen molar-refractivity contribution in [3.8, 4) is 17.1 Å². The quantitative estimate of drug-likeness (QED) is 0.784. The highest BCUT2D eigenvalue weighted by atomic mass is 16.5. The molecular formula is C18H15NO3. The maximum atomic E-state index is 12.5. The van der Waals surface area contributed by atoms with E-state index in [1.165, 1.54) is 0 Å². The van der Waals surface area contributed by atoms with Gasteiger partial charge in [0, 0.05) is 17.3 Å². The van der Waals surface area contributed by atoms with Crippen LogP contribution in [-0.2, 0) is 0 Å². The second kappa shape index (κ2) is 6.18. The number of hydrogen-bond acceptors (Lipinski definition) is 3. The van der Waals surface area contributed by atoms with Crippen LogP contribution in [0.1, 0.15) is 10.4 Å². The summed E-state index contributed by atoms with van der Waals surface area (Å²) in [5.74, 6) is 1.16. The highest BCUT2D eigenvalue weighted by Gasteiger charge is 2.14. The average Bonchev–Trinajstić information content (AvgIpc) is 3.09. The fourth-order valence-electron chi connectivity index (χ4n) is 2.23. The van der Waals surface area contributed by atoms with Gasteiger partial charge in [0.05, 0.1) is 18.9 Å². The highest BCUT2D eigenvalue weighted by Crippen LogP contribution is 2.25. The molecule has 0 aliphatic rings. The fourth-order valence-corrected chi connectivity index (χ4v) is 2.23. The normalized spacial score (nSPS) is 10.2. The van der Waals surface area contributed by atoms with Crippen LogP contribution in [0.2, 0.25) is 0 Å². The van der Waals surface area contributed by atoms with E-state index in [9.17, 15) is 4.79 Å². The lowest BCUT2D eigenvalue weighted by Crippen LogP contribution is -2.13. The van der Waals surface area contributed by atoms with Gasteiger partial charge in [-0.3, -0.25) is 4.79 Å². The van der Waals surface area contributed by atoms with Gasteiger partial charge in [0.1, 0.15) is 11.5 Å². The molecule has 2 aromatic carbocycles. The molecule has 1 heterocycles. The van der Waals surface area contributed by atoms with Crippen molar-refractivity contribution in [3.05, 3.63) is 72.5 Å². The molecule has 22 heavy (non-hydrogen) atoms. The van der Waals surface area contributed by atoms with Crippen LogP contribution < -0.4 is 10.1 Å². The SMILES string of the molecule is COc1cccc(NC(=O)c2ccccc2-c2ccco2)c1. The van der Waals surface area contributed by atoms with E-state index in [-0.39, 0.29) is 5.91 Å². The molecule has 4 nitrogen and oxygen atoms in total. The summed E-state index contributed by atoms with van der Waals surface area (Å²) in [6.07, 6.45) is 1.59. The zero-order valence-electron chi connectivity index (χ0n) is 12.1. The van der Waals surface area contributed by atoms with Gasteiger partial charge in [0.15, 0.2) is 0 Å². The molecular weight excluding hydrogens is 278 g/mol. The van der Waals surface area contributed by atoms with Crippen LogP contribution in [0.15, 0.2) is 71.3 Å². The lowest BCUT2D eigenvalue weighted by Gasteiger charge is -2.09. The van der Waals surface area contributed by atoms with Crippen LogP contribution in [0.3, 0.4) is 0 Å². The van der Waals surface area contributed by atoms with Crippen LogP contribution in [0.25, 0.3) is 11.3 Å². The summed E-state index contributed by atoms with van der Waals surface area (Å²) >= 11 is 0. The Morgan fingerprint density at radius 1 is 1.05 bits per heavy atom. The number of carbonyl (C=O) groups is 1. The number of nitrogens with one attached hydrogen (secondary N) is 1. The van der Waals surface area contributed by atoms with E-state index in [0.717, 1.165) is 5.56 Å². The number of rotatable bonds is 4. The lowest BCUT2D eigenvalue weighted by molar-refractivity contribution is 0.102. The molecule has 4 heteroatoms. The monoisotopic (exact) mass is 293 g/mol. The molecule has 3 aromatic rings. The summed E-state index contributed by atoms with van der Waals surface area (Å²) in [7, 11) is 1.59. The van der Waals surface area contributed by atoms with E-state index < -0.39 is 0 Å². The molecule has 0 aliphatic heterocycles. The summed E-state index contributed by atoms with van der Waals surface area (Å²) in [6, 6.07) is 18.2. The van der Waals surface area contributed by atoms with Crippen molar-refractivity contribution in [3.63, 3.8) is 0 Å². The van der Waals surface area contributed by atoms with E-state index in [2.05, 4.69) is 5.32 Å². The smallest absolute Gasteiger partial charge is 0.256 e. The third-order valence-corrected chi connectivity index (χ3v) is 3.29. The first-order valence-corrected chi connectivity index (χ1v) is 6.86. The number of methoxy groups -OCH3 is 1. The predicted octanol–water partition coefficient (Wildman–Crippen LogP) is 4.21. The van der Waals surface area contributed by atoms with E-state index in [1.807, 2.05) is 42.5 Å². The summed E-state index contributed by atoms with van der Waals surface area (Å²) < 4.78 is 10.6. The number of anilines is 1. The minimum absolute atomic E-state index is 0.194. The second-order valence-electron chi connectivity index (χ2n) is 4.71. The topological polar surface area (TPSA) is 51.5 Å². The van der Waals surface area contributed by atoms with Gasteiger partial charge >= 0.3 is 0 Å². The largest absolute Gasteiger partial charge is 0.497 e. The molecule has 1 amide bonds. The summed E-state index contributed by atoms with van der Waals surface area (Å²) in [5.41, 5.74) is 1.99. The van der Waals surface area contributed by atoms with E-state index >= 15 is 0 Å². The van der Waals surface area contributed by atoms with Crippen molar-refractivity contribution in [1.29, 1.82) is 0 Å². The number of furan rings is 1. The number of hydrogen-bond donors (Lipinski definition) is 1. The first-order chi connectivity index (χ1) is 10.8. The van der Waals surface area contributed by atoms with Crippen molar-refractivity contribution < 1.29 is 13.9 Å². The third kappa shape index (κ3) is 2.86. The lowest BCUT2D eigenvalue weighted by atomic mass is 10.0. The molecule has 1 N–H and O–H groups in total. The van der Waals surface area contributed by atoms with Crippen molar-refractivity contribution in [2.75, 3.05) is 12.4 Å². The first-order valence-electron chi connectivity index (χ1n) is 6.86. The van der Waals surface area contributed by atoms with Crippen LogP contribution in [0.4, 0.5) is 5.69 Å². The van der Waals surface area contributed by atoms with Gasteiger partial charge < -0.3 is 14.5 Å². The van der Waals surface area contributed by atoms with Crippen LogP contribution in [-0.4, -0.2) is 13.0 Å². The Bertz CT molecular complexity index is 779. The maximum Gasteiger partial charge on any atom is 0.256 e. The Hall–Kier alpha value is -3.01. The maximum absolute atomic E-state index is 12.5. The summed E-state index contributed by atoms with van der Waals surface area (Å²) in [5, 5.41) is 2.87. The molecule has 0 saturated heterocycles. The molecule has 0 saturated carbocycles. The van der Waals surface area contributed by atoms with Crippen molar-refractivity contribution in [2.45, 2.75) is 0 Å². The Kier molecular flexibility index (Phi) is 3.92. The number of amides is 1. The molecule has 0 aliphatic carbocycles. The van der Waals surface area contributed by atoms with Gasteiger partial charge in [-0.05, 0) is 30.3 Å². The van der Waals surface area contributed by atoms with E-state index in [1.54, 1.807) is 31.6 Å². The number of carbonyl (C=O) groups excluding carboxylic acids is 1. The van der Waals surface area contributed by atoms with Crippen LogP contribution in [0.5, 0.6) is 5.75 Å². The molecule has 0 bridgehead atoms. The average molecular weight is 293 g/mol. The molecule has 0 spiro atoms. The molecule has 0 radical (unpaired) electrons. The second-order valence-corrected chi connectivity index (χ2v) is 4.71. The minimum atomic E-state index is -0.194.